The van der Waals surface area contributed by atoms with Crippen LogP contribution in [-0.4, -0.2) is 37.7 Å². The zero-order valence-corrected chi connectivity index (χ0v) is 18.6. The lowest BCUT2D eigenvalue weighted by Crippen LogP contribution is -3.13. The SMILES string of the molecule is CCOc1cc2c(cc1OCC)C[NH+](CC(=O)NC13CC4CC(CC(C4)C1)C3)CC2. The van der Waals surface area contributed by atoms with Gasteiger partial charge in [-0.1, -0.05) is 0 Å². The van der Waals surface area contributed by atoms with Crippen molar-refractivity contribution in [3.63, 3.8) is 0 Å². The molecule has 164 valence electrons. The molecular formula is C25H37N2O3+. The van der Waals surface area contributed by atoms with Gasteiger partial charge < -0.3 is 19.7 Å². The van der Waals surface area contributed by atoms with Crippen LogP contribution in [0.3, 0.4) is 0 Å². The van der Waals surface area contributed by atoms with Gasteiger partial charge in [-0.25, -0.2) is 0 Å². The minimum atomic E-state index is 0.119. The van der Waals surface area contributed by atoms with Gasteiger partial charge in [-0.3, -0.25) is 4.79 Å². The Morgan fingerprint density at radius 1 is 1.00 bits per heavy atom. The van der Waals surface area contributed by atoms with E-state index in [0.29, 0.717) is 19.8 Å². The quantitative estimate of drug-likeness (QED) is 0.722. The lowest BCUT2D eigenvalue weighted by Gasteiger charge is -2.56. The lowest BCUT2D eigenvalue weighted by molar-refractivity contribution is -0.908. The topological polar surface area (TPSA) is 52.0 Å². The fraction of sp³-hybridized carbons (Fsp3) is 0.720. The molecule has 0 aromatic heterocycles. The molecule has 4 fully saturated rings. The highest BCUT2D eigenvalue weighted by atomic mass is 16.5. The summed E-state index contributed by atoms with van der Waals surface area (Å²) in [5.74, 6) is 4.52. The fourth-order valence-electron chi connectivity index (χ4n) is 7.23. The van der Waals surface area contributed by atoms with E-state index in [-0.39, 0.29) is 11.4 Å². The van der Waals surface area contributed by atoms with Crippen molar-refractivity contribution in [2.45, 2.75) is 70.9 Å². The van der Waals surface area contributed by atoms with Crippen LogP contribution in [0.5, 0.6) is 11.5 Å². The van der Waals surface area contributed by atoms with E-state index < -0.39 is 0 Å². The summed E-state index contributed by atoms with van der Waals surface area (Å²) in [7, 11) is 0. The second-order valence-electron chi connectivity index (χ2n) is 10.3. The van der Waals surface area contributed by atoms with E-state index >= 15 is 0 Å². The standard InChI is InChI=1S/C25H36N2O3/c1-3-29-22-10-20-5-6-27(15-21(20)11-23(22)30-4-2)16-24(28)26-25-12-17-7-18(13-25)9-19(8-17)14-25/h10-11,17-19H,3-9,12-16H2,1-2H3,(H,26,28)/p+1. The van der Waals surface area contributed by atoms with Crippen molar-refractivity contribution in [2.24, 2.45) is 17.8 Å². The Bertz CT molecular complexity index is 771. The van der Waals surface area contributed by atoms with Gasteiger partial charge in [-0.2, -0.15) is 0 Å². The van der Waals surface area contributed by atoms with E-state index in [2.05, 4.69) is 17.4 Å². The van der Waals surface area contributed by atoms with Crippen molar-refractivity contribution >= 4 is 5.91 Å². The molecule has 4 aliphatic carbocycles. The zero-order valence-electron chi connectivity index (χ0n) is 18.6. The van der Waals surface area contributed by atoms with Crippen LogP contribution in [0.4, 0.5) is 0 Å². The van der Waals surface area contributed by atoms with Crippen LogP contribution >= 0.6 is 0 Å². The third-order valence-corrected chi connectivity index (χ3v) is 7.91. The van der Waals surface area contributed by atoms with E-state index in [4.69, 9.17) is 9.47 Å². The molecule has 5 heteroatoms. The van der Waals surface area contributed by atoms with E-state index in [0.717, 1.165) is 48.8 Å². The highest BCUT2D eigenvalue weighted by Gasteiger charge is 2.51. The van der Waals surface area contributed by atoms with Crippen molar-refractivity contribution in [2.75, 3.05) is 26.3 Å². The van der Waals surface area contributed by atoms with Crippen molar-refractivity contribution in [3.8, 4) is 11.5 Å². The van der Waals surface area contributed by atoms with Crippen LogP contribution in [0, 0.1) is 17.8 Å². The first kappa shape index (κ1) is 20.2. The minimum Gasteiger partial charge on any atom is -0.490 e. The number of carbonyl (C=O) groups excluding carboxylic acids is 1. The van der Waals surface area contributed by atoms with Gasteiger partial charge >= 0.3 is 0 Å². The summed E-state index contributed by atoms with van der Waals surface area (Å²) >= 11 is 0. The first-order chi connectivity index (χ1) is 14.6. The van der Waals surface area contributed by atoms with Crippen molar-refractivity contribution in [1.29, 1.82) is 0 Å². The molecule has 5 nitrogen and oxygen atoms in total. The van der Waals surface area contributed by atoms with E-state index in [9.17, 15) is 4.79 Å². The maximum Gasteiger partial charge on any atom is 0.275 e. The molecule has 5 aliphatic rings. The second kappa shape index (κ2) is 8.07. The van der Waals surface area contributed by atoms with Crippen molar-refractivity contribution in [3.05, 3.63) is 23.3 Å². The van der Waals surface area contributed by atoms with Crippen LogP contribution in [0.15, 0.2) is 12.1 Å². The maximum atomic E-state index is 13.0. The summed E-state index contributed by atoms with van der Waals surface area (Å²) in [6.45, 7) is 7.74. The Balaban J connectivity index is 1.23. The molecule has 1 atom stereocenters. The number of nitrogens with one attached hydrogen (secondary N) is 2. The molecule has 6 rings (SSSR count). The fourth-order valence-corrected chi connectivity index (χ4v) is 7.23. The maximum absolute atomic E-state index is 13.0. The van der Waals surface area contributed by atoms with Gasteiger partial charge in [0.1, 0.15) is 6.54 Å². The molecule has 0 spiro atoms. The summed E-state index contributed by atoms with van der Waals surface area (Å²) < 4.78 is 11.6. The smallest absolute Gasteiger partial charge is 0.275 e. The molecule has 2 N–H and O–H groups in total. The molecule has 4 bridgehead atoms. The molecule has 1 aliphatic heterocycles. The first-order valence-electron chi connectivity index (χ1n) is 12.1. The Labute approximate surface area is 180 Å². The highest BCUT2D eigenvalue weighted by Crippen LogP contribution is 2.55. The number of carbonyl (C=O) groups is 1. The third kappa shape index (κ3) is 3.93. The predicted octanol–water partition coefficient (Wildman–Crippen LogP) is 2.51. The van der Waals surface area contributed by atoms with Crippen LogP contribution in [-0.2, 0) is 17.8 Å². The Morgan fingerprint density at radius 3 is 2.13 bits per heavy atom. The number of ether oxygens (including phenoxy) is 2. The van der Waals surface area contributed by atoms with Crippen LogP contribution in [0.1, 0.15) is 63.5 Å². The Morgan fingerprint density at radius 2 is 1.57 bits per heavy atom. The molecule has 4 saturated carbocycles. The normalized spacial score (nSPS) is 33.8. The lowest BCUT2D eigenvalue weighted by atomic mass is 9.53. The Kier molecular flexibility index (Phi) is 5.42. The van der Waals surface area contributed by atoms with Gasteiger partial charge in [0, 0.05) is 17.5 Å². The number of rotatable bonds is 7. The largest absolute Gasteiger partial charge is 0.490 e. The van der Waals surface area contributed by atoms with Gasteiger partial charge in [0.05, 0.1) is 19.8 Å². The molecule has 0 saturated heterocycles. The summed E-state index contributed by atoms with van der Waals surface area (Å²) in [4.78, 5) is 14.4. The highest BCUT2D eigenvalue weighted by molar-refractivity contribution is 5.77. The predicted molar refractivity (Wildman–Crippen MR) is 116 cm³/mol. The minimum absolute atomic E-state index is 0.119. The molecule has 1 amide bonds. The summed E-state index contributed by atoms with van der Waals surface area (Å²) in [6, 6.07) is 4.29. The molecule has 1 heterocycles. The molecule has 0 radical (unpaired) electrons. The number of hydrogen-bond acceptors (Lipinski definition) is 3. The third-order valence-electron chi connectivity index (χ3n) is 7.91. The van der Waals surface area contributed by atoms with Gasteiger partial charge in [-0.15, -0.1) is 0 Å². The monoisotopic (exact) mass is 413 g/mol. The molecule has 30 heavy (non-hydrogen) atoms. The van der Waals surface area contributed by atoms with Gasteiger partial charge in [-0.05, 0) is 87.8 Å². The second-order valence-corrected chi connectivity index (χ2v) is 10.3. The van der Waals surface area contributed by atoms with Crippen LogP contribution < -0.4 is 19.7 Å². The first-order valence-corrected chi connectivity index (χ1v) is 12.1. The number of fused-ring (bicyclic) bond motifs is 1. The van der Waals surface area contributed by atoms with Gasteiger partial charge in [0.2, 0.25) is 0 Å². The average Bonchev–Trinajstić information content (AvgIpc) is 2.67. The molecule has 1 unspecified atom stereocenters. The van der Waals surface area contributed by atoms with E-state index in [1.807, 2.05) is 13.8 Å². The number of hydrogen-bond donors (Lipinski definition) is 2. The summed E-state index contributed by atoms with van der Waals surface area (Å²) in [5.41, 5.74) is 2.76. The summed E-state index contributed by atoms with van der Waals surface area (Å²) in [6.07, 6.45) is 8.89. The number of quaternary nitrogens is 1. The summed E-state index contributed by atoms with van der Waals surface area (Å²) in [5, 5.41) is 3.55. The molecular weight excluding hydrogens is 376 g/mol. The molecule has 1 aromatic rings. The number of benzene rings is 1. The van der Waals surface area contributed by atoms with Crippen LogP contribution in [0.2, 0.25) is 0 Å². The number of amides is 1. The Hall–Kier alpha value is -1.75. The zero-order chi connectivity index (χ0) is 20.7. The molecule has 1 aromatic carbocycles. The van der Waals surface area contributed by atoms with Gasteiger partial charge in [0.15, 0.2) is 18.0 Å². The van der Waals surface area contributed by atoms with Crippen molar-refractivity contribution < 1.29 is 19.2 Å². The van der Waals surface area contributed by atoms with Crippen molar-refractivity contribution in [1.82, 2.24) is 5.32 Å². The van der Waals surface area contributed by atoms with E-state index in [1.54, 1.807) is 0 Å². The van der Waals surface area contributed by atoms with E-state index in [1.165, 1.54) is 54.6 Å². The average molecular weight is 414 g/mol. The van der Waals surface area contributed by atoms with Crippen LogP contribution in [0.25, 0.3) is 0 Å². The van der Waals surface area contributed by atoms with Gasteiger partial charge in [0.25, 0.3) is 5.91 Å².